The number of carboxylic acid groups (broad SMARTS) is 1. The van der Waals surface area contributed by atoms with Gasteiger partial charge in [0.1, 0.15) is 0 Å². The van der Waals surface area contributed by atoms with Gasteiger partial charge >= 0.3 is 5.97 Å². The summed E-state index contributed by atoms with van der Waals surface area (Å²) >= 11 is 0. The van der Waals surface area contributed by atoms with Crippen LogP contribution >= 0.6 is 0 Å². The maximum atomic E-state index is 12.8. The Hall–Kier alpha value is -1.66. The van der Waals surface area contributed by atoms with Crippen LogP contribution < -0.4 is 4.72 Å². The molecule has 2 fully saturated rings. The lowest BCUT2D eigenvalue weighted by Crippen LogP contribution is -2.43. The second-order valence-electron chi connectivity index (χ2n) is 7.95. The second-order valence-corrected chi connectivity index (χ2v) is 9.66. The molecule has 0 heterocycles. The van der Waals surface area contributed by atoms with Crippen molar-refractivity contribution in [2.24, 2.45) is 17.8 Å². The van der Waals surface area contributed by atoms with Gasteiger partial charge in [0.05, 0.1) is 4.90 Å². The van der Waals surface area contributed by atoms with E-state index in [1.165, 1.54) is 6.42 Å². The third kappa shape index (κ3) is 4.99. The van der Waals surface area contributed by atoms with Gasteiger partial charge in [-0.1, -0.05) is 29.8 Å². The summed E-state index contributed by atoms with van der Waals surface area (Å²) in [5.74, 6) is 0.590. The Bertz CT molecular complexity index is 785. The molecule has 5 nitrogen and oxygen atoms in total. The van der Waals surface area contributed by atoms with Gasteiger partial charge in [0, 0.05) is 12.5 Å². The van der Waals surface area contributed by atoms with Gasteiger partial charge in [0.2, 0.25) is 10.0 Å². The fourth-order valence-corrected chi connectivity index (χ4v) is 6.00. The summed E-state index contributed by atoms with van der Waals surface area (Å²) in [5, 5.41) is 8.68. The first-order valence-corrected chi connectivity index (χ1v) is 11.3. The zero-order valence-corrected chi connectivity index (χ0v) is 16.6. The molecule has 0 amide bonds. The molecule has 2 bridgehead atoms. The van der Waals surface area contributed by atoms with Crippen LogP contribution in [0.25, 0.3) is 0 Å². The molecular formula is C21H29NO4S. The number of benzene rings is 1. The predicted molar refractivity (Wildman–Crippen MR) is 105 cm³/mol. The van der Waals surface area contributed by atoms with Crippen molar-refractivity contribution in [2.75, 3.05) is 0 Å². The number of carboxylic acids is 1. The minimum Gasteiger partial charge on any atom is -0.481 e. The van der Waals surface area contributed by atoms with E-state index in [1.54, 1.807) is 12.1 Å². The number of carbonyl (C=O) groups is 1. The largest absolute Gasteiger partial charge is 0.481 e. The zero-order valence-electron chi connectivity index (χ0n) is 15.8. The Morgan fingerprint density at radius 2 is 1.89 bits per heavy atom. The SMILES string of the molecule is Cc1ccc(S(=O)(=O)NC2C3CCC(C3)C2C/C=C\CCCC(=O)O)cc1. The molecule has 2 aliphatic carbocycles. The van der Waals surface area contributed by atoms with Crippen LogP contribution in [0.5, 0.6) is 0 Å². The molecule has 0 radical (unpaired) electrons. The fraction of sp³-hybridized carbons (Fsp3) is 0.571. The van der Waals surface area contributed by atoms with E-state index in [1.807, 2.05) is 25.1 Å². The topological polar surface area (TPSA) is 83.5 Å². The predicted octanol–water partition coefficient (Wildman–Crippen LogP) is 3.89. The van der Waals surface area contributed by atoms with Crippen LogP contribution in [0.15, 0.2) is 41.3 Å². The molecule has 4 atom stereocenters. The second kappa shape index (κ2) is 8.57. The summed E-state index contributed by atoms with van der Waals surface area (Å²) in [5.41, 5.74) is 1.04. The maximum Gasteiger partial charge on any atom is 0.303 e. The smallest absolute Gasteiger partial charge is 0.303 e. The first-order valence-electron chi connectivity index (χ1n) is 9.82. The molecule has 2 N–H and O–H groups in total. The average Bonchev–Trinajstić information content (AvgIpc) is 3.20. The summed E-state index contributed by atoms with van der Waals surface area (Å²) in [6, 6.07) is 6.99. The molecule has 4 unspecified atom stereocenters. The number of hydrogen-bond donors (Lipinski definition) is 2. The number of rotatable bonds is 9. The van der Waals surface area contributed by atoms with Gasteiger partial charge in [0.25, 0.3) is 0 Å². The lowest BCUT2D eigenvalue weighted by molar-refractivity contribution is -0.137. The number of sulfonamides is 1. The number of unbranched alkanes of at least 4 members (excludes halogenated alkanes) is 1. The van der Waals surface area contributed by atoms with Crippen LogP contribution in [0.2, 0.25) is 0 Å². The first-order chi connectivity index (χ1) is 12.9. The van der Waals surface area contributed by atoms with Gasteiger partial charge in [-0.25, -0.2) is 13.1 Å². The number of aliphatic carboxylic acids is 1. The highest BCUT2D eigenvalue weighted by molar-refractivity contribution is 7.89. The Morgan fingerprint density at radius 3 is 2.59 bits per heavy atom. The molecule has 0 aromatic heterocycles. The highest BCUT2D eigenvalue weighted by Gasteiger charge is 2.48. The van der Waals surface area contributed by atoms with Crippen molar-refractivity contribution in [3.8, 4) is 0 Å². The number of aryl methyl sites for hydroxylation is 1. The summed E-state index contributed by atoms with van der Waals surface area (Å²) in [7, 11) is -3.50. The maximum absolute atomic E-state index is 12.8. The quantitative estimate of drug-likeness (QED) is 0.494. The van der Waals surface area contributed by atoms with Gasteiger partial charge in [-0.15, -0.1) is 0 Å². The number of allylic oxidation sites excluding steroid dienone is 2. The minimum atomic E-state index is -3.50. The molecule has 1 aromatic rings. The Labute approximate surface area is 161 Å². The molecular weight excluding hydrogens is 362 g/mol. The Balaban J connectivity index is 1.62. The Kier molecular flexibility index (Phi) is 6.37. The molecule has 2 aliphatic rings. The molecule has 0 aliphatic heterocycles. The summed E-state index contributed by atoms with van der Waals surface area (Å²) in [6.45, 7) is 1.94. The van der Waals surface area contributed by atoms with Crippen LogP contribution in [-0.4, -0.2) is 25.5 Å². The van der Waals surface area contributed by atoms with E-state index in [4.69, 9.17) is 5.11 Å². The monoisotopic (exact) mass is 391 g/mol. The number of fused-ring (bicyclic) bond motifs is 2. The first kappa shape index (κ1) is 20.1. The van der Waals surface area contributed by atoms with Crippen LogP contribution in [0, 0.1) is 24.7 Å². The lowest BCUT2D eigenvalue weighted by Gasteiger charge is -2.31. The van der Waals surface area contributed by atoms with E-state index < -0.39 is 16.0 Å². The summed E-state index contributed by atoms with van der Waals surface area (Å²) < 4.78 is 28.6. The number of nitrogens with one attached hydrogen (secondary N) is 1. The molecule has 3 rings (SSSR count). The van der Waals surface area contributed by atoms with Crippen molar-refractivity contribution >= 4 is 16.0 Å². The molecule has 0 saturated heterocycles. The highest BCUT2D eigenvalue weighted by Crippen LogP contribution is 2.50. The van der Waals surface area contributed by atoms with Gasteiger partial charge in [0.15, 0.2) is 0 Å². The van der Waals surface area contributed by atoms with Crippen molar-refractivity contribution in [1.29, 1.82) is 0 Å². The van der Waals surface area contributed by atoms with Crippen LogP contribution in [0.1, 0.15) is 50.5 Å². The zero-order chi connectivity index (χ0) is 19.4. The molecule has 148 valence electrons. The third-order valence-electron chi connectivity index (χ3n) is 6.05. The van der Waals surface area contributed by atoms with E-state index in [0.29, 0.717) is 29.1 Å². The molecule has 2 saturated carbocycles. The van der Waals surface area contributed by atoms with Crippen molar-refractivity contribution < 1.29 is 18.3 Å². The standard InChI is InChI=1S/C21H29NO4S/c1-15-8-12-18(13-9-15)27(25,26)22-21-17-11-10-16(14-17)19(21)6-4-2-3-5-7-20(23)24/h2,4,8-9,12-13,16-17,19,21-22H,3,5-7,10-11,14H2,1H3,(H,23,24)/b4-2-. The van der Waals surface area contributed by atoms with Crippen molar-refractivity contribution in [1.82, 2.24) is 4.72 Å². The summed E-state index contributed by atoms with van der Waals surface area (Å²) in [6.07, 6.45) is 10.0. The van der Waals surface area contributed by atoms with Gasteiger partial charge in [-0.05, 0) is 75.3 Å². The molecule has 27 heavy (non-hydrogen) atoms. The van der Waals surface area contributed by atoms with E-state index in [-0.39, 0.29) is 12.5 Å². The normalized spacial score (nSPS) is 27.4. The van der Waals surface area contributed by atoms with Crippen LogP contribution in [0.3, 0.4) is 0 Å². The van der Waals surface area contributed by atoms with Gasteiger partial charge < -0.3 is 5.11 Å². The highest BCUT2D eigenvalue weighted by atomic mass is 32.2. The number of hydrogen-bond acceptors (Lipinski definition) is 3. The van der Waals surface area contributed by atoms with Crippen LogP contribution in [-0.2, 0) is 14.8 Å². The van der Waals surface area contributed by atoms with Crippen molar-refractivity contribution in [3.63, 3.8) is 0 Å². The molecule has 0 spiro atoms. The van der Waals surface area contributed by atoms with E-state index in [0.717, 1.165) is 31.2 Å². The van der Waals surface area contributed by atoms with Gasteiger partial charge in [-0.2, -0.15) is 0 Å². The average molecular weight is 392 g/mol. The fourth-order valence-electron chi connectivity index (χ4n) is 4.64. The minimum absolute atomic E-state index is 0.00118. The lowest BCUT2D eigenvalue weighted by atomic mass is 9.83. The third-order valence-corrected chi connectivity index (χ3v) is 7.52. The van der Waals surface area contributed by atoms with Crippen molar-refractivity contribution in [2.45, 2.75) is 62.8 Å². The van der Waals surface area contributed by atoms with E-state index in [2.05, 4.69) is 10.8 Å². The Morgan fingerprint density at radius 1 is 1.19 bits per heavy atom. The van der Waals surface area contributed by atoms with Crippen molar-refractivity contribution in [3.05, 3.63) is 42.0 Å². The van der Waals surface area contributed by atoms with E-state index >= 15 is 0 Å². The molecule has 1 aromatic carbocycles. The molecule has 6 heteroatoms. The summed E-state index contributed by atoms with van der Waals surface area (Å²) in [4.78, 5) is 10.9. The van der Waals surface area contributed by atoms with Crippen LogP contribution in [0.4, 0.5) is 0 Å². The van der Waals surface area contributed by atoms with E-state index in [9.17, 15) is 13.2 Å². The van der Waals surface area contributed by atoms with Gasteiger partial charge in [-0.3, -0.25) is 4.79 Å².